The molecule has 2 N–H and O–H groups in total. The van der Waals surface area contributed by atoms with Crippen LogP contribution >= 0.6 is 28.3 Å². The Bertz CT molecular complexity index is 329. The highest BCUT2D eigenvalue weighted by atomic mass is 79.9. The van der Waals surface area contributed by atoms with Crippen molar-refractivity contribution in [2.45, 2.75) is 6.04 Å². The highest BCUT2D eigenvalue weighted by Crippen LogP contribution is 2.21. The maximum Gasteiger partial charge on any atom is 0.129 e. The zero-order chi connectivity index (χ0) is 9.97. The first-order valence-electron chi connectivity index (χ1n) is 4.66. The second kappa shape index (κ2) is 5.80. The van der Waals surface area contributed by atoms with Gasteiger partial charge < -0.3 is 10.6 Å². The average molecular weight is 296 g/mol. The van der Waals surface area contributed by atoms with E-state index in [4.69, 9.17) is 0 Å². The summed E-state index contributed by atoms with van der Waals surface area (Å²) in [5.41, 5.74) is 0.736. The van der Waals surface area contributed by atoms with Gasteiger partial charge in [-0.05, 0) is 12.1 Å². The minimum Gasteiger partial charge on any atom is -0.314 e. The van der Waals surface area contributed by atoms with Crippen molar-refractivity contribution in [3.8, 4) is 0 Å². The average Bonchev–Trinajstić information content (AvgIpc) is 2.19. The molecule has 0 unspecified atom stereocenters. The van der Waals surface area contributed by atoms with Crippen LogP contribution in [0.25, 0.3) is 0 Å². The van der Waals surface area contributed by atoms with Gasteiger partial charge in [-0.3, -0.25) is 0 Å². The fourth-order valence-electron chi connectivity index (χ4n) is 1.66. The van der Waals surface area contributed by atoms with Gasteiger partial charge in [-0.2, -0.15) is 0 Å². The lowest BCUT2D eigenvalue weighted by Crippen LogP contribution is -2.42. The molecule has 0 aromatic heterocycles. The standard InChI is InChI=1S/C10H12BrFN2.ClH/c11-7-1-2-8(9(12)5-7)10-6-13-3-4-14-10;/h1-2,5,10,13-14H,3-4,6H2;1H/t10-;/m0./s1. The Morgan fingerprint density at radius 3 is 2.73 bits per heavy atom. The number of hydrogen-bond donors (Lipinski definition) is 2. The Kier molecular flexibility index (Phi) is 4.99. The Labute approximate surface area is 103 Å². The first kappa shape index (κ1) is 12.9. The normalized spacial score (nSPS) is 20.8. The van der Waals surface area contributed by atoms with Crippen LogP contribution in [-0.2, 0) is 0 Å². The molecule has 0 aliphatic carbocycles. The van der Waals surface area contributed by atoms with Crippen molar-refractivity contribution in [3.63, 3.8) is 0 Å². The number of hydrogen-bond acceptors (Lipinski definition) is 2. The Morgan fingerprint density at radius 1 is 1.33 bits per heavy atom. The molecule has 1 aliphatic rings. The molecule has 84 valence electrons. The topological polar surface area (TPSA) is 24.1 Å². The lowest BCUT2D eigenvalue weighted by molar-refractivity contribution is 0.416. The van der Waals surface area contributed by atoms with Crippen LogP contribution in [0.15, 0.2) is 22.7 Å². The van der Waals surface area contributed by atoms with E-state index in [0.29, 0.717) is 0 Å². The van der Waals surface area contributed by atoms with E-state index in [9.17, 15) is 4.39 Å². The summed E-state index contributed by atoms with van der Waals surface area (Å²) in [6, 6.07) is 5.29. The number of halogens is 3. The first-order valence-corrected chi connectivity index (χ1v) is 5.46. The molecular weight excluding hydrogens is 282 g/mol. The molecule has 1 aromatic carbocycles. The number of rotatable bonds is 1. The molecule has 0 radical (unpaired) electrons. The summed E-state index contributed by atoms with van der Waals surface area (Å²) in [6.45, 7) is 2.63. The van der Waals surface area contributed by atoms with Gasteiger partial charge in [0.25, 0.3) is 0 Å². The second-order valence-electron chi connectivity index (χ2n) is 3.38. The summed E-state index contributed by atoms with van der Waals surface area (Å²) in [7, 11) is 0. The fraction of sp³-hybridized carbons (Fsp3) is 0.400. The lowest BCUT2D eigenvalue weighted by atomic mass is 10.1. The maximum atomic E-state index is 13.5. The predicted molar refractivity (Wildman–Crippen MR) is 65.0 cm³/mol. The van der Waals surface area contributed by atoms with Gasteiger partial charge in [0.15, 0.2) is 0 Å². The van der Waals surface area contributed by atoms with Crippen LogP contribution in [0.2, 0.25) is 0 Å². The molecule has 1 saturated heterocycles. The third-order valence-electron chi connectivity index (χ3n) is 2.38. The van der Waals surface area contributed by atoms with Gasteiger partial charge in [-0.25, -0.2) is 4.39 Å². The molecule has 0 bridgehead atoms. The quantitative estimate of drug-likeness (QED) is 0.830. The van der Waals surface area contributed by atoms with Crippen molar-refractivity contribution in [1.29, 1.82) is 0 Å². The summed E-state index contributed by atoms with van der Waals surface area (Å²) >= 11 is 3.24. The van der Waals surface area contributed by atoms with E-state index in [0.717, 1.165) is 29.7 Å². The van der Waals surface area contributed by atoms with Gasteiger partial charge in [-0.15, -0.1) is 12.4 Å². The van der Waals surface area contributed by atoms with Gasteiger partial charge in [-0.1, -0.05) is 22.0 Å². The second-order valence-corrected chi connectivity index (χ2v) is 4.29. The number of benzene rings is 1. The van der Waals surface area contributed by atoms with E-state index in [1.54, 1.807) is 0 Å². The minimum absolute atomic E-state index is 0. The Morgan fingerprint density at radius 2 is 2.13 bits per heavy atom. The van der Waals surface area contributed by atoms with Gasteiger partial charge in [0.1, 0.15) is 5.82 Å². The molecular formula is C10H13BrClFN2. The summed E-state index contributed by atoms with van der Waals surface area (Å²) in [5.74, 6) is -0.152. The monoisotopic (exact) mass is 294 g/mol. The van der Waals surface area contributed by atoms with Gasteiger partial charge in [0.2, 0.25) is 0 Å². The molecule has 5 heteroatoms. The Hall–Kier alpha value is -0.160. The molecule has 0 amide bonds. The molecule has 0 saturated carbocycles. The SMILES string of the molecule is Cl.Fc1cc(Br)ccc1[C@@H]1CNCCN1. The van der Waals surface area contributed by atoms with E-state index in [2.05, 4.69) is 26.6 Å². The highest BCUT2D eigenvalue weighted by Gasteiger charge is 2.17. The fourth-order valence-corrected chi connectivity index (χ4v) is 1.99. The van der Waals surface area contributed by atoms with Crippen LogP contribution in [-0.4, -0.2) is 19.6 Å². The van der Waals surface area contributed by atoms with Crippen LogP contribution in [0, 0.1) is 5.82 Å². The van der Waals surface area contributed by atoms with Crippen LogP contribution < -0.4 is 10.6 Å². The molecule has 1 aromatic rings. The molecule has 0 spiro atoms. The third kappa shape index (κ3) is 3.14. The largest absolute Gasteiger partial charge is 0.314 e. The number of nitrogens with one attached hydrogen (secondary N) is 2. The van der Waals surface area contributed by atoms with Crippen molar-refractivity contribution in [1.82, 2.24) is 10.6 Å². The highest BCUT2D eigenvalue weighted by molar-refractivity contribution is 9.10. The zero-order valence-electron chi connectivity index (χ0n) is 8.09. The van der Waals surface area contributed by atoms with Crippen molar-refractivity contribution in [3.05, 3.63) is 34.1 Å². The molecule has 15 heavy (non-hydrogen) atoms. The molecule has 1 atom stereocenters. The van der Waals surface area contributed by atoms with Crippen LogP contribution in [0.3, 0.4) is 0 Å². The molecule has 1 aliphatic heterocycles. The van der Waals surface area contributed by atoms with E-state index in [-0.39, 0.29) is 24.3 Å². The summed E-state index contributed by atoms with van der Waals surface area (Å²) in [5, 5.41) is 6.51. The predicted octanol–water partition coefficient (Wildman–Crippen LogP) is 2.24. The third-order valence-corrected chi connectivity index (χ3v) is 2.87. The van der Waals surface area contributed by atoms with Gasteiger partial charge in [0, 0.05) is 35.7 Å². The van der Waals surface area contributed by atoms with Crippen LogP contribution in [0.1, 0.15) is 11.6 Å². The van der Waals surface area contributed by atoms with Crippen molar-refractivity contribution in [2.24, 2.45) is 0 Å². The smallest absolute Gasteiger partial charge is 0.129 e. The molecule has 1 fully saturated rings. The molecule has 2 nitrogen and oxygen atoms in total. The van der Waals surface area contributed by atoms with E-state index < -0.39 is 0 Å². The van der Waals surface area contributed by atoms with Crippen molar-refractivity contribution < 1.29 is 4.39 Å². The van der Waals surface area contributed by atoms with Crippen LogP contribution in [0.4, 0.5) is 4.39 Å². The number of piperazine rings is 1. The summed E-state index contributed by atoms with van der Waals surface area (Å²) in [4.78, 5) is 0. The minimum atomic E-state index is -0.152. The molecule has 1 heterocycles. The molecule has 2 rings (SSSR count). The van der Waals surface area contributed by atoms with Gasteiger partial charge in [0.05, 0.1) is 0 Å². The summed E-state index contributed by atoms with van der Waals surface area (Å²) < 4.78 is 14.3. The van der Waals surface area contributed by atoms with E-state index in [1.807, 2.05) is 12.1 Å². The van der Waals surface area contributed by atoms with Crippen molar-refractivity contribution >= 4 is 28.3 Å². The van der Waals surface area contributed by atoms with Crippen LogP contribution in [0.5, 0.6) is 0 Å². The van der Waals surface area contributed by atoms with E-state index >= 15 is 0 Å². The Balaban J connectivity index is 0.00000112. The lowest BCUT2D eigenvalue weighted by Gasteiger charge is -2.25. The zero-order valence-corrected chi connectivity index (χ0v) is 10.5. The van der Waals surface area contributed by atoms with Crippen molar-refractivity contribution in [2.75, 3.05) is 19.6 Å². The van der Waals surface area contributed by atoms with Gasteiger partial charge >= 0.3 is 0 Å². The van der Waals surface area contributed by atoms with E-state index in [1.165, 1.54) is 6.07 Å². The summed E-state index contributed by atoms with van der Waals surface area (Å²) in [6.07, 6.45) is 0. The maximum absolute atomic E-state index is 13.5. The first-order chi connectivity index (χ1) is 6.77.